The standard InChI is InChI=1S/C24H33N3O2/c1-5-25-24(26-17-20-16-21(20)19-9-7-6-8-10-19)27(2)14-13-18-11-12-22(28-3)23(15-18)29-4/h6-12,15,20-21H,5,13-14,16-17H2,1-4H3,(H,25,26). The van der Waals surface area contributed by atoms with E-state index in [1.54, 1.807) is 14.2 Å². The highest BCUT2D eigenvalue weighted by molar-refractivity contribution is 5.79. The summed E-state index contributed by atoms with van der Waals surface area (Å²) < 4.78 is 10.7. The average molecular weight is 396 g/mol. The number of aliphatic imine (C=N–C) groups is 1. The molecule has 0 heterocycles. The molecule has 0 aliphatic heterocycles. The predicted molar refractivity (Wildman–Crippen MR) is 119 cm³/mol. The van der Waals surface area contributed by atoms with E-state index >= 15 is 0 Å². The fraction of sp³-hybridized carbons (Fsp3) is 0.458. The van der Waals surface area contributed by atoms with Crippen LogP contribution in [0.2, 0.25) is 0 Å². The maximum Gasteiger partial charge on any atom is 0.193 e. The molecular weight excluding hydrogens is 362 g/mol. The van der Waals surface area contributed by atoms with Crippen LogP contribution in [0.25, 0.3) is 0 Å². The summed E-state index contributed by atoms with van der Waals surface area (Å²) in [7, 11) is 5.43. The van der Waals surface area contributed by atoms with E-state index in [1.807, 2.05) is 12.1 Å². The first-order valence-electron chi connectivity index (χ1n) is 10.4. The lowest BCUT2D eigenvalue weighted by Crippen LogP contribution is -2.40. The Morgan fingerprint density at radius 3 is 2.55 bits per heavy atom. The van der Waals surface area contributed by atoms with E-state index in [9.17, 15) is 0 Å². The molecule has 0 spiro atoms. The van der Waals surface area contributed by atoms with Gasteiger partial charge in [-0.05, 0) is 54.9 Å². The highest BCUT2D eigenvalue weighted by Gasteiger charge is 2.37. The van der Waals surface area contributed by atoms with Crippen molar-refractivity contribution in [1.29, 1.82) is 0 Å². The van der Waals surface area contributed by atoms with Crippen molar-refractivity contribution in [3.05, 3.63) is 59.7 Å². The Balaban J connectivity index is 1.55. The monoisotopic (exact) mass is 395 g/mol. The highest BCUT2D eigenvalue weighted by Crippen LogP contribution is 2.47. The number of ether oxygens (including phenoxy) is 2. The minimum absolute atomic E-state index is 0.658. The van der Waals surface area contributed by atoms with Gasteiger partial charge < -0.3 is 19.7 Å². The summed E-state index contributed by atoms with van der Waals surface area (Å²) in [5.74, 6) is 3.84. The Morgan fingerprint density at radius 1 is 1.10 bits per heavy atom. The maximum absolute atomic E-state index is 5.41. The zero-order valence-electron chi connectivity index (χ0n) is 18.0. The van der Waals surface area contributed by atoms with E-state index in [0.29, 0.717) is 11.8 Å². The van der Waals surface area contributed by atoms with E-state index in [-0.39, 0.29) is 0 Å². The minimum Gasteiger partial charge on any atom is -0.493 e. The third kappa shape index (κ3) is 5.66. The minimum atomic E-state index is 0.658. The number of nitrogens with one attached hydrogen (secondary N) is 1. The molecule has 1 aliphatic carbocycles. The molecule has 2 unspecified atom stereocenters. The molecule has 156 valence electrons. The number of likely N-dealkylation sites (N-methyl/N-ethyl adjacent to an activating group) is 1. The van der Waals surface area contributed by atoms with Crippen molar-refractivity contribution in [1.82, 2.24) is 10.2 Å². The lowest BCUT2D eigenvalue weighted by atomic mass is 10.1. The zero-order chi connectivity index (χ0) is 20.6. The van der Waals surface area contributed by atoms with Gasteiger partial charge in [-0.3, -0.25) is 4.99 Å². The van der Waals surface area contributed by atoms with E-state index in [2.05, 4.69) is 60.6 Å². The van der Waals surface area contributed by atoms with Gasteiger partial charge in [-0.15, -0.1) is 0 Å². The van der Waals surface area contributed by atoms with Crippen LogP contribution in [-0.2, 0) is 6.42 Å². The Morgan fingerprint density at radius 2 is 1.86 bits per heavy atom. The summed E-state index contributed by atoms with van der Waals surface area (Å²) in [4.78, 5) is 7.12. The molecule has 2 atom stereocenters. The first-order valence-corrected chi connectivity index (χ1v) is 10.4. The van der Waals surface area contributed by atoms with Crippen LogP contribution in [0.4, 0.5) is 0 Å². The molecule has 0 amide bonds. The van der Waals surface area contributed by atoms with E-state index in [0.717, 1.165) is 43.5 Å². The van der Waals surface area contributed by atoms with Gasteiger partial charge in [-0.2, -0.15) is 0 Å². The maximum atomic E-state index is 5.41. The molecule has 1 N–H and O–H groups in total. The van der Waals surface area contributed by atoms with Gasteiger partial charge >= 0.3 is 0 Å². The smallest absolute Gasteiger partial charge is 0.193 e. The summed E-state index contributed by atoms with van der Waals surface area (Å²) in [6.45, 7) is 4.74. The molecular formula is C24H33N3O2. The quantitative estimate of drug-likeness (QED) is 0.516. The van der Waals surface area contributed by atoms with Gasteiger partial charge in [0.05, 0.1) is 14.2 Å². The molecule has 3 rings (SSSR count). The lowest BCUT2D eigenvalue weighted by Gasteiger charge is -2.22. The first-order chi connectivity index (χ1) is 14.2. The van der Waals surface area contributed by atoms with Crippen molar-refractivity contribution in [2.24, 2.45) is 10.9 Å². The lowest BCUT2D eigenvalue weighted by molar-refractivity contribution is 0.354. The van der Waals surface area contributed by atoms with Gasteiger partial charge in [0.1, 0.15) is 0 Å². The van der Waals surface area contributed by atoms with E-state index in [1.165, 1.54) is 17.5 Å². The second-order valence-corrected chi connectivity index (χ2v) is 7.57. The number of guanidine groups is 1. The molecule has 0 saturated heterocycles. The molecule has 1 fully saturated rings. The van der Waals surface area contributed by atoms with Gasteiger partial charge in [-0.1, -0.05) is 36.4 Å². The van der Waals surface area contributed by atoms with Crippen LogP contribution >= 0.6 is 0 Å². The number of hydrogen-bond acceptors (Lipinski definition) is 3. The van der Waals surface area contributed by atoms with Gasteiger partial charge in [0.2, 0.25) is 0 Å². The first kappa shape index (κ1) is 21.0. The van der Waals surface area contributed by atoms with Crippen LogP contribution < -0.4 is 14.8 Å². The normalized spacial score (nSPS) is 18.3. The van der Waals surface area contributed by atoms with Crippen molar-refractivity contribution >= 4 is 5.96 Å². The Hall–Kier alpha value is -2.69. The number of hydrogen-bond donors (Lipinski definition) is 1. The van der Waals surface area contributed by atoms with Crippen molar-refractivity contribution < 1.29 is 9.47 Å². The predicted octanol–water partition coefficient (Wildman–Crippen LogP) is 3.95. The van der Waals surface area contributed by atoms with Crippen molar-refractivity contribution in [2.75, 3.05) is 40.9 Å². The number of methoxy groups -OCH3 is 2. The van der Waals surface area contributed by atoms with Crippen LogP contribution in [0.1, 0.15) is 30.4 Å². The van der Waals surface area contributed by atoms with E-state index < -0.39 is 0 Å². The third-order valence-electron chi connectivity index (χ3n) is 5.51. The third-order valence-corrected chi connectivity index (χ3v) is 5.51. The van der Waals surface area contributed by atoms with Crippen LogP contribution in [0.15, 0.2) is 53.5 Å². The SMILES string of the molecule is CCNC(=NCC1CC1c1ccccc1)N(C)CCc1ccc(OC)c(OC)c1. The molecule has 5 heteroatoms. The second-order valence-electron chi connectivity index (χ2n) is 7.57. The summed E-state index contributed by atoms with van der Waals surface area (Å²) in [6.07, 6.45) is 2.15. The molecule has 0 aromatic heterocycles. The summed E-state index contributed by atoms with van der Waals surface area (Å²) in [5.41, 5.74) is 2.66. The summed E-state index contributed by atoms with van der Waals surface area (Å²) in [6, 6.07) is 16.9. The topological polar surface area (TPSA) is 46.1 Å². The van der Waals surface area contributed by atoms with E-state index in [4.69, 9.17) is 14.5 Å². The van der Waals surface area contributed by atoms with Crippen molar-refractivity contribution in [3.63, 3.8) is 0 Å². The summed E-state index contributed by atoms with van der Waals surface area (Å²) in [5, 5.41) is 3.43. The number of benzene rings is 2. The van der Waals surface area contributed by atoms with Gasteiger partial charge in [0.25, 0.3) is 0 Å². The Labute approximate surface area is 174 Å². The Bertz CT molecular complexity index is 807. The highest BCUT2D eigenvalue weighted by atomic mass is 16.5. The van der Waals surface area contributed by atoms with Crippen LogP contribution in [0.3, 0.4) is 0 Å². The van der Waals surface area contributed by atoms with Crippen molar-refractivity contribution in [2.45, 2.75) is 25.7 Å². The summed E-state index contributed by atoms with van der Waals surface area (Å²) >= 11 is 0. The Kier molecular flexibility index (Phi) is 7.39. The molecule has 0 radical (unpaired) electrons. The molecule has 0 bridgehead atoms. The van der Waals surface area contributed by atoms with Gasteiger partial charge in [0, 0.05) is 26.7 Å². The molecule has 29 heavy (non-hydrogen) atoms. The van der Waals surface area contributed by atoms with Crippen LogP contribution in [-0.4, -0.2) is 51.8 Å². The number of rotatable bonds is 9. The molecule has 1 saturated carbocycles. The van der Waals surface area contributed by atoms with Crippen LogP contribution in [0, 0.1) is 5.92 Å². The van der Waals surface area contributed by atoms with Gasteiger partial charge in [-0.25, -0.2) is 0 Å². The van der Waals surface area contributed by atoms with Crippen molar-refractivity contribution in [3.8, 4) is 11.5 Å². The average Bonchev–Trinajstić information content (AvgIpc) is 3.55. The van der Waals surface area contributed by atoms with Crippen LogP contribution in [0.5, 0.6) is 11.5 Å². The zero-order valence-corrected chi connectivity index (χ0v) is 18.0. The molecule has 1 aliphatic rings. The fourth-order valence-corrected chi connectivity index (χ4v) is 3.67. The molecule has 2 aromatic carbocycles. The molecule has 5 nitrogen and oxygen atoms in total. The van der Waals surface area contributed by atoms with Gasteiger partial charge in [0.15, 0.2) is 17.5 Å². The molecule has 2 aromatic rings. The fourth-order valence-electron chi connectivity index (χ4n) is 3.67. The second kappa shape index (κ2) is 10.2. The number of nitrogens with zero attached hydrogens (tertiary/aromatic N) is 2. The largest absolute Gasteiger partial charge is 0.493 e.